The molecule has 0 radical (unpaired) electrons. The predicted molar refractivity (Wildman–Crippen MR) is 127 cm³/mol. The van der Waals surface area contributed by atoms with E-state index in [1.54, 1.807) is 11.3 Å². The number of benzene rings is 1. The number of rotatable bonds is 4. The van der Waals surface area contributed by atoms with Crippen LogP contribution in [0, 0.1) is 5.92 Å². The first-order chi connectivity index (χ1) is 15.1. The average molecular weight is 450 g/mol. The number of nitrogens with two attached hydrogens (primary N) is 1. The van der Waals surface area contributed by atoms with Crippen molar-refractivity contribution in [1.82, 2.24) is 19.5 Å². The number of para-hydroxylation sites is 1. The Bertz CT molecular complexity index is 1390. The molecule has 2 aliphatic rings. The van der Waals surface area contributed by atoms with E-state index in [1.165, 1.54) is 28.6 Å². The molecule has 6 nitrogen and oxygen atoms in total. The molecule has 158 valence electrons. The van der Waals surface area contributed by atoms with Gasteiger partial charge in [0.1, 0.15) is 16.5 Å². The zero-order chi connectivity index (χ0) is 21.1. The summed E-state index contributed by atoms with van der Waals surface area (Å²) >= 11 is 3.29. The molecule has 31 heavy (non-hydrogen) atoms. The fraction of sp³-hybridized carbons (Fsp3) is 0.391. The van der Waals surface area contributed by atoms with Crippen LogP contribution in [0.15, 0.2) is 34.2 Å². The van der Waals surface area contributed by atoms with Crippen molar-refractivity contribution in [3.05, 3.63) is 50.9 Å². The first kappa shape index (κ1) is 19.3. The van der Waals surface area contributed by atoms with Gasteiger partial charge in [-0.1, -0.05) is 30.8 Å². The molecule has 8 heteroatoms. The molecule has 0 amide bonds. The van der Waals surface area contributed by atoms with Crippen LogP contribution in [0.3, 0.4) is 0 Å². The van der Waals surface area contributed by atoms with Gasteiger partial charge in [-0.2, -0.15) is 0 Å². The Morgan fingerprint density at radius 3 is 2.87 bits per heavy atom. The van der Waals surface area contributed by atoms with E-state index in [-0.39, 0.29) is 11.6 Å². The lowest BCUT2D eigenvalue weighted by Crippen LogP contribution is -2.22. The van der Waals surface area contributed by atoms with E-state index in [1.807, 2.05) is 28.8 Å². The number of nitrogens with zero attached hydrogens (tertiary/aromatic N) is 4. The fourth-order valence-electron chi connectivity index (χ4n) is 4.49. The second kappa shape index (κ2) is 7.31. The molecular formula is C23H23N5OS2. The van der Waals surface area contributed by atoms with Gasteiger partial charge in [0.05, 0.1) is 22.0 Å². The monoisotopic (exact) mass is 449 g/mol. The van der Waals surface area contributed by atoms with Gasteiger partial charge in [-0.15, -0.1) is 11.3 Å². The van der Waals surface area contributed by atoms with E-state index in [0.717, 1.165) is 46.6 Å². The highest BCUT2D eigenvalue weighted by atomic mass is 32.2. The van der Waals surface area contributed by atoms with Crippen molar-refractivity contribution in [3.8, 4) is 0 Å². The first-order valence-corrected chi connectivity index (χ1v) is 12.6. The summed E-state index contributed by atoms with van der Waals surface area (Å²) in [6.07, 6.45) is 5.42. The zero-order valence-electron chi connectivity index (χ0n) is 17.3. The predicted octanol–water partition coefficient (Wildman–Crippen LogP) is 4.74. The first-order valence-electron chi connectivity index (χ1n) is 10.8. The number of hydrogen-bond donors (Lipinski definition) is 1. The molecule has 1 aromatic carbocycles. The van der Waals surface area contributed by atoms with Gasteiger partial charge in [0.25, 0.3) is 5.56 Å². The maximum Gasteiger partial charge on any atom is 0.262 e. The van der Waals surface area contributed by atoms with Crippen molar-refractivity contribution >= 4 is 50.0 Å². The molecular weight excluding hydrogens is 426 g/mol. The Morgan fingerprint density at radius 1 is 1.19 bits per heavy atom. The minimum absolute atomic E-state index is 0.0477. The molecule has 3 aromatic heterocycles. The van der Waals surface area contributed by atoms with Gasteiger partial charge in [-0.05, 0) is 55.7 Å². The molecule has 0 spiro atoms. The molecule has 1 saturated carbocycles. The van der Waals surface area contributed by atoms with Gasteiger partial charge in [-0.25, -0.2) is 15.0 Å². The molecule has 1 unspecified atom stereocenters. The Labute approximate surface area is 187 Å². The van der Waals surface area contributed by atoms with Crippen molar-refractivity contribution in [2.24, 2.45) is 5.92 Å². The summed E-state index contributed by atoms with van der Waals surface area (Å²) in [5.74, 6) is 2.53. The average Bonchev–Trinajstić information content (AvgIpc) is 3.52. The van der Waals surface area contributed by atoms with Gasteiger partial charge in [0.15, 0.2) is 5.16 Å². The molecule has 2 aliphatic carbocycles. The molecule has 0 saturated heterocycles. The maximum atomic E-state index is 13.1. The number of thioether (sulfide) groups is 1. The standard InChI is InChI=1S/C23H23N5OS2/c1-12-6-9-15-17(10-12)31-21-19(15)20(24)26-18(27-21)11-30-23-25-16-5-3-2-4-14(16)22(29)28(23)13-7-8-13/h2-5,12-13H,6-11H2,1H3,(H2,24,26,27). The number of thiophene rings is 1. The van der Waals surface area contributed by atoms with Crippen LogP contribution in [0.1, 0.15) is 48.5 Å². The van der Waals surface area contributed by atoms with Crippen molar-refractivity contribution in [1.29, 1.82) is 0 Å². The van der Waals surface area contributed by atoms with Gasteiger partial charge < -0.3 is 5.73 Å². The van der Waals surface area contributed by atoms with Crippen molar-refractivity contribution in [2.45, 2.75) is 56.0 Å². The topological polar surface area (TPSA) is 86.7 Å². The Kier molecular flexibility index (Phi) is 4.54. The van der Waals surface area contributed by atoms with Gasteiger partial charge in [0.2, 0.25) is 0 Å². The minimum Gasteiger partial charge on any atom is -0.383 e. The van der Waals surface area contributed by atoms with E-state index < -0.39 is 0 Å². The lowest BCUT2D eigenvalue weighted by atomic mass is 9.89. The van der Waals surface area contributed by atoms with Crippen LogP contribution in [-0.2, 0) is 18.6 Å². The Hall–Kier alpha value is -2.45. The number of fused-ring (bicyclic) bond motifs is 4. The largest absolute Gasteiger partial charge is 0.383 e. The lowest BCUT2D eigenvalue weighted by Gasteiger charge is -2.17. The second-order valence-corrected chi connectivity index (χ2v) is 10.7. The van der Waals surface area contributed by atoms with Crippen LogP contribution in [0.5, 0.6) is 0 Å². The van der Waals surface area contributed by atoms with E-state index in [9.17, 15) is 4.79 Å². The highest BCUT2D eigenvalue weighted by Crippen LogP contribution is 2.40. The van der Waals surface area contributed by atoms with Crippen LogP contribution in [-0.4, -0.2) is 19.5 Å². The van der Waals surface area contributed by atoms with Gasteiger partial charge in [-0.3, -0.25) is 9.36 Å². The third kappa shape index (κ3) is 3.32. The van der Waals surface area contributed by atoms with Crippen LogP contribution in [0.2, 0.25) is 0 Å². The summed E-state index contributed by atoms with van der Waals surface area (Å²) in [7, 11) is 0. The molecule has 1 fully saturated rings. The van der Waals surface area contributed by atoms with Gasteiger partial charge >= 0.3 is 0 Å². The summed E-state index contributed by atoms with van der Waals surface area (Å²) in [4.78, 5) is 29.8. The third-order valence-electron chi connectivity index (χ3n) is 6.25. The lowest BCUT2D eigenvalue weighted by molar-refractivity contribution is 0.509. The van der Waals surface area contributed by atoms with Crippen LogP contribution < -0.4 is 11.3 Å². The summed E-state index contributed by atoms with van der Waals surface area (Å²) in [5, 5.41) is 2.48. The molecule has 3 heterocycles. The molecule has 6 rings (SSSR count). The molecule has 0 bridgehead atoms. The molecule has 1 atom stereocenters. The van der Waals surface area contributed by atoms with E-state index in [0.29, 0.717) is 28.7 Å². The highest BCUT2D eigenvalue weighted by molar-refractivity contribution is 7.98. The van der Waals surface area contributed by atoms with Crippen LogP contribution >= 0.6 is 23.1 Å². The number of aryl methyl sites for hydroxylation is 1. The van der Waals surface area contributed by atoms with E-state index in [2.05, 4.69) is 11.9 Å². The zero-order valence-corrected chi connectivity index (χ0v) is 18.9. The summed E-state index contributed by atoms with van der Waals surface area (Å²) in [6.45, 7) is 2.31. The quantitative estimate of drug-likeness (QED) is 0.358. The van der Waals surface area contributed by atoms with E-state index in [4.69, 9.17) is 15.7 Å². The molecule has 4 aromatic rings. The fourth-order valence-corrected chi connectivity index (χ4v) is 6.82. The summed E-state index contributed by atoms with van der Waals surface area (Å²) in [6, 6.07) is 7.82. The SMILES string of the molecule is CC1CCc2c(sc3nc(CSc4nc5ccccc5c(=O)n4C4CC4)nc(N)c23)C1. The van der Waals surface area contributed by atoms with E-state index >= 15 is 0 Å². The number of hydrogen-bond acceptors (Lipinski definition) is 7. The molecule has 0 aliphatic heterocycles. The Balaban J connectivity index is 1.36. The summed E-state index contributed by atoms with van der Waals surface area (Å²) in [5.41, 5.74) is 8.53. The maximum absolute atomic E-state index is 13.1. The van der Waals surface area contributed by atoms with Crippen molar-refractivity contribution < 1.29 is 0 Å². The van der Waals surface area contributed by atoms with Crippen LogP contribution in [0.4, 0.5) is 5.82 Å². The summed E-state index contributed by atoms with van der Waals surface area (Å²) < 4.78 is 1.86. The molecule has 2 N–H and O–H groups in total. The number of aromatic nitrogens is 4. The smallest absolute Gasteiger partial charge is 0.262 e. The van der Waals surface area contributed by atoms with Crippen molar-refractivity contribution in [3.63, 3.8) is 0 Å². The number of anilines is 1. The van der Waals surface area contributed by atoms with Crippen molar-refractivity contribution in [2.75, 3.05) is 5.73 Å². The second-order valence-electron chi connectivity index (χ2n) is 8.66. The Morgan fingerprint density at radius 2 is 2.03 bits per heavy atom. The number of nitrogen functional groups attached to an aromatic ring is 1. The normalized spacial score (nSPS) is 18.5. The third-order valence-corrected chi connectivity index (χ3v) is 8.34. The van der Waals surface area contributed by atoms with Gasteiger partial charge in [0, 0.05) is 10.9 Å². The minimum atomic E-state index is 0.0477. The van der Waals surface area contributed by atoms with Crippen LogP contribution in [0.25, 0.3) is 21.1 Å². The highest BCUT2D eigenvalue weighted by Gasteiger charge is 2.29.